The summed E-state index contributed by atoms with van der Waals surface area (Å²) in [5.74, 6) is -1.11. The summed E-state index contributed by atoms with van der Waals surface area (Å²) < 4.78 is 6.16. The third-order valence-electron chi connectivity index (χ3n) is 6.56. The quantitative estimate of drug-likeness (QED) is 0.165. The van der Waals surface area contributed by atoms with Crippen molar-refractivity contribution in [3.05, 3.63) is 111 Å². The maximum atomic E-state index is 13.7. The number of nitro groups is 1. The van der Waals surface area contributed by atoms with Gasteiger partial charge >= 0.3 is 0 Å². The van der Waals surface area contributed by atoms with E-state index < -0.39 is 34.8 Å². The molecule has 3 heterocycles. The van der Waals surface area contributed by atoms with Gasteiger partial charge in [-0.25, -0.2) is 9.96 Å². The number of rotatable bonds is 5. The van der Waals surface area contributed by atoms with Crippen LogP contribution in [-0.2, 0) is 14.4 Å². The molecule has 3 unspecified atom stereocenters. The highest BCUT2D eigenvalue weighted by atomic mass is 35.5. The van der Waals surface area contributed by atoms with Crippen molar-refractivity contribution >= 4 is 52.1 Å². The molecule has 0 bridgehead atoms. The van der Waals surface area contributed by atoms with Crippen LogP contribution in [-0.4, -0.2) is 22.8 Å². The normalized spacial score (nSPS) is 20.7. The molecule has 2 amide bonds. The van der Waals surface area contributed by atoms with Gasteiger partial charge < -0.3 is 4.42 Å². The third kappa shape index (κ3) is 3.92. The summed E-state index contributed by atoms with van der Waals surface area (Å²) in [5, 5.41) is 13.2. The van der Waals surface area contributed by atoms with Gasteiger partial charge in [-0.15, -0.1) is 0 Å². The number of hydroxylamine groups is 1. The molecule has 2 fully saturated rings. The lowest BCUT2D eigenvalue weighted by Gasteiger charge is -2.27. The molecule has 11 heteroatoms. The predicted molar refractivity (Wildman–Crippen MR) is 140 cm³/mol. The average molecular weight is 550 g/mol. The number of fused-ring (bicyclic) bond motifs is 1. The van der Waals surface area contributed by atoms with Gasteiger partial charge in [-0.1, -0.05) is 41.4 Å². The second-order valence-corrected chi connectivity index (χ2v) is 9.61. The topological polar surface area (TPSA) is 106 Å². The van der Waals surface area contributed by atoms with Gasteiger partial charge in [0, 0.05) is 22.7 Å². The zero-order valence-corrected chi connectivity index (χ0v) is 20.9. The molecule has 2 saturated heterocycles. The van der Waals surface area contributed by atoms with Crippen molar-refractivity contribution in [3.8, 4) is 11.3 Å². The van der Waals surface area contributed by atoms with E-state index in [-0.39, 0.29) is 10.7 Å². The number of imide groups is 1. The van der Waals surface area contributed by atoms with Gasteiger partial charge in [0.2, 0.25) is 5.91 Å². The molecule has 1 aromatic heterocycles. The van der Waals surface area contributed by atoms with E-state index in [0.717, 1.165) is 4.90 Å². The number of hydrogen-bond donors (Lipinski definition) is 0. The first-order valence-electron chi connectivity index (χ1n) is 11.5. The standard InChI is InChI=1S/C27H17Cl2N3O6/c28-15-6-8-16(9-7-15)30-26(33)23-24(31(38-25(23)27(30)34)17-4-2-1-3-5-17)22-13-12-21(37-22)19-11-10-18(32(35)36)14-20(19)29/h1-14,23-25H. The molecule has 38 heavy (non-hydrogen) atoms. The maximum absolute atomic E-state index is 13.7. The highest BCUT2D eigenvalue weighted by Crippen LogP contribution is 2.48. The second-order valence-electron chi connectivity index (χ2n) is 8.77. The van der Waals surface area contributed by atoms with Gasteiger partial charge in [0.15, 0.2) is 6.10 Å². The molecule has 0 spiro atoms. The molecule has 6 rings (SSSR count). The van der Waals surface area contributed by atoms with Crippen LogP contribution in [0.5, 0.6) is 0 Å². The van der Waals surface area contributed by atoms with Crippen LogP contribution in [0.2, 0.25) is 10.0 Å². The highest BCUT2D eigenvalue weighted by molar-refractivity contribution is 6.33. The number of nitrogens with zero attached hydrogens (tertiary/aromatic N) is 3. The summed E-state index contributed by atoms with van der Waals surface area (Å²) in [6.07, 6.45) is -1.07. The van der Waals surface area contributed by atoms with Gasteiger partial charge in [-0.05, 0) is 54.6 Å². The van der Waals surface area contributed by atoms with Crippen LogP contribution in [0.1, 0.15) is 11.8 Å². The van der Waals surface area contributed by atoms with Crippen molar-refractivity contribution in [1.82, 2.24) is 0 Å². The minimum Gasteiger partial charge on any atom is -0.459 e. The smallest absolute Gasteiger partial charge is 0.270 e. The molecule has 3 aromatic carbocycles. The number of halogens is 2. The van der Waals surface area contributed by atoms with E-state index in [1.54, 1.807) is 48.5 Å². The Morgan fingerprint density at radius 2 is 1.58 bits per heavy atom. The minimum absolute atomic E-state index is 0.140. The van der Waals surface area contributed by atoms with Crippen LogP contribution in [0.25, 0.3) is 11.3 Å². The number of para-hydroxylation sites is 1. The van der Waals surface area contributed by atoms with Crippen LogP contribution in [0.4, 0.5) is 17.1 Å². The monoisotopic (exact) mass is 549 g/mol. The van der Waals surface area contributed by atoms with E-state index >= 15 is 0 Å². The Labute approximate surface area is 225 Å². The number of anilines is 2. The summed E-state index contributed by atoms with van der Waals surface area (Å²) in [6, 6.07) is 22.1. The molecule has 3 atom stereocenters. The number of non-ortho nitro benzene ring substituents is 1. The molecule has 0 aliphatic carbocycles. The molecule has 0 N–H and O–H groups in total. The molecule has 0 radical (unpaired) electrons. The van der Waals surface area contributed by atoms with E-state index in [1.165, 1.54) is 23.3 Å². The summed E-state index contributed by atoms with van der Waals surface area (Å²) in [7, 11) is 0. The van der Waals surface area contributed by atoms with E-state index in [1.807, 2.05) is 18.2 Å². The lowest BCUT2D eigenvalue weighted by molar-refractivity contribution is -0.384. The number of carbonyl (C=O) groups excluding carboxylic acids is 2. The van der Waals surface area contributed by atoms with E-state index in [9.17, 15) is 19.7 Å². The van der Waals surface area contributed by atoms with E-state index in [4.69, 9.17) is 32.5 Å². The lowest BCUT2D eigenvalue weighted by atomic mass is 9.94. The molecule has 9 nitrogen and oxygen atoms in total. The zero-order chi connectivity index (χ0) is 26.6. The van der Waals surface area contributed by atoms with Crippen molar-refractivity contribution < 1.29 is 23.8 Å². The van der Waals surface area contributed by atoms with Crippen LogP contribution in [0.15, 0.2) is 89.3 Å². The number of amides is 2. The zero-order valence-electron chi connectivity index (χ0n) is 19.4. The molecule has 0 saturated carbocycles. The first-order chi connectivity index (χ1) is 18.3. The number of carbonyl (C=O) groups is 2. The Balaban J connectivity index is 1.41. The van der Waals surface area contributed by atoms with Crippen LogP contribution >= 0.6 is 23.2 Å². The fourth-order valence-electron chi connectivity index (χ4n) is 4.82. The Morgan fingerprint density at radius 1 is 0.842 bits per heavy atom. The van der Waals surface area contributed by atoms with E-state index in [2.05, 4.69) is 0 Å². The fourth-order valence-corrected chi connectivity index (χ4v) is 5.21. The molecular weight excluding hydrogens is 533 g/mol. The fraction of sp³-hybridized carbons (Fsp3) is 0.111. The Bertz CT molecular complexity index is 1570. The summed E-state index contributed by atoms with van der Waals surface area (Å²) in [6.45, 7) is 0. The predicted octanol–water partition coefficient (Wildman–Crippen LogP) is 6.21. The maximum Gasteiger partial charge on any atom is 0.270 e. The second kappa shape index (κ2) is 9.29. The van der Waals surface area contributed by atoms with Crippen LogP contribution in [0, 0.1) is 16.0 Å². The first kappa shape index (κ1) is 24.2. The van der Waals surface area contributed by atoms with Gasteiger partial charge in [0.25, 0.3) is 11.6 Å². The van der Waals surface area contributed by atoms with Gasteiger partial charge in [-0.3, -0.25) is 24.5 Å². The van der Waals surface area contributed by atoms with Gasteiger partial charge in [-0.2, -0.15) is 0 Å². The Kier molecular flexibility index (Phi) is 5.91. The van der Waals surface area contributed by atoms with Crippen molar-refractivity contribution in [3.63, 3.8) is 0 Å². The Hall–Kier alpha value is -4.18. The third-order valence-corrected chi connectivity index (χ3v) is 7.12. The highest BCUT2D eigenvalue weighted by Gasteiger charge is 2.61. The van der Waals surface area contributed by atoms with Crippen molar-refractivity contribution in [2.45, 2.75) is 12.1 Å². The molecule has 190 valence electrons. The largest absolute Gasteiger partial charge is 0.459 e. The molecule has 4 aromatic rings. The van der Waals surface area contributed by atoms with Crippen molar-refractivity contribution in [1.29, 1.82) is 0 Å². The van der Waals surface area contributed by atoms with Gasteiger partial charge in [0.1, 0.15) is 23.5 Å². The first-order valence-corrected chi connectivity index (χ1v) is 12.3. The summed E-state index contributed by atoms with van der Waals surface area (Å²) in [4.78, 5) is 44.9. The molecule has 2 aliphatic heterocycles. The number of hydrogen-bond acceptors (Lipinski definition) is 7. The van der Waals surface area contributed by atoms with Crippen molar-refractivity contribution in [2.75, 3.05) is 9.96 Å². The van der Waals surface area contributed by atoms with Crippen LogP contribution < -0.4 is 9.96 Å². The molecular formula is C27H17Cl2N3O6. The summed E-state index contributed by atoms with van der Waals surface area (Å²) in [5.41, 5.74) is 1.33. The number of furan rings is 1. The molecule has 2 aliphatic rings. The summed E-state index contributed by atoms with van der Waals surface area (Å²) >= 11 is 12.3. The lowest BCUT2D eigenvalue weighted by Crippen LogP contribution is -2.37. The van der Waals surface area contributed by atoms with Crippen LogP contribution in [0.3, 0.4) is 0 Å². The minimum atomic E-state index is -1.07. The number of nitro benzene ring substituents is 1. The number of benzene rings is 3. The Morgan fingerprint density at radius 3 is 2.26 bits per heavy atom. The average Bonchev–Trinajstić information content (AvgIpc) is 3.60. The SMILES string of the molecule is O=C1C2ON(c3ccccc3)C(c3ccc(-c4ccc([N+](=O)[O-])cc4Cl)o3)C2C(=O)N1c1ccc(Cl)cc1. The van der Waals surface area contributed by atoms with E-state index in [0.29, 0.717) is 33.5 Å². The van der Waals surface area contributed by atoms with Crippen molar-refractivity contribution in [2.24, 2.45) is 5.92 Å². The van der Waals surface area contributed by atoms with Gasteiger partial charge in [0.05, 0.1) is 21.3 Å².